The van der Waals surface area contributed by atoms with Crippen molar-refractivity contribution in [3.05, 3.63) is 65.7 Å². The van der Waals surface area contributed by atoms with Crippen molar-refractivity contribution in [2.75, 3.05) is 5.75 Å². The number of aryl methyl sites for hydroxylation is 1. The molecule has 32 heavy (non-hydrogen) atoms. The quantitative estimate of drug-likeness (QED) is 0.174. The third kappa shape index (κ3) is 8.16. The average Bonchev–Trinajstić information content (AvgIpc) is 2.84. The van der Waals surface area contributed by atoms with E-state index < -0.39 is 0 Å². The lowest BCUT2D eigenvalue weighted by molar-refractivity contribution is -0.104. The summed E-state index contributed by atoms with van der Waals surface area (Å²) in [5, 5.41) is 9.72. The SMILES string of the molecule is C=C(C=O)CS.CCCCCC1CCC(c2ccc(-c3ccc(O)cc3CC)cc2)CC1. The zero-order valence-electron chi connectivity index (χ0n) is 19.9. The third-order valence-corrected chi connectivity index (χ3v) is 7.00. The highest BCUT2D eigenvalue weighted by molar-refractivity contribution is 7.80. The van der Waals surface area contributed by atoms with E-state index in [4.69, 9.17) is 0 Å². The Morgan fingerprint density at radius 2 is 1.75 bits per heavy atom. The van der Waals surface area contributed by atoms with Crippen LogP contribution < -0.4 is 0 Å². The van der Waals surface area contributed by atoms with E-state index in [1.165, 1.54) is 73.6 Å². The number of aldehydes is 1. The Morgan fingerprint density at radius 1 is 1.06 bits per heavy atom. The normalized spacial score (nSPS) is 17.8. The van der Waals surface area contributed by atoms with Crippen molar-refractivity contribution in [1.82, 2.24) is 0 Å². The Hall–Kier alpha value is -2.00. The highest BCUT2D eigenvalue weighted by atomic mass is 32.1. The van der Waals surface area contributed by atoms with Gasteiger partial charge in [0.15, 0.2) is 0 Å². The van der Waals surface area contributed by atoms with Gasteiger partial charge < -0.3 is 5.11 Å². The number of carbonyl (C=O) groups is 1. The van der Waals surface area contributed by atoms with Crippen LogP contribution in [-0.4, -0.2) is 17.1 Å². The van der Waals surface area contributed by atoms with Gasteiger partial charge in [-0.2, -0.15) is 12.6 Å². The first kappa shape index (κ1) is 26.3. The number of aromatic hydroxyl groups is 1. The lowest BCUT2D eigenvalue weighted by Crippen LogP contribution is -2.13. The number of hydrogen-bond donors (Lipinski definition) is 2. The van der Waals surface area contributed by atoms with Crippen LogP contribution in [0.25, 0.3) is 11.1 Å². The van der Waals surface area contributed by atoms with E-state index in [-0.39, 0.29) is 0 Å². The molecule has 1 saturated carbocycles. The summed E-state index contributed by atoms with van der Waals surface area (Å²) in [7, 11) is 0. The number of phenolic OH excluding ortho intramolecular Hbond substituents is 1. The molecule has 0 saturated heterocycles. The number of benzene rings is 2. The molecular weight excluding hydrogens is 412 g/mol. The van der Waals surface area contributed by atoms with Crippen molar-refractivity contribution < 1.29 is 9.90 Å². The molecule has 2 aromatic carbocycles. The number of thiol groups is 1. The molecule has 3 rings (SSSR count). The average molecular weight is 453 g/mol. The van der Waals surface area contributed by atoms with Crippen molar-refractivity contribution in [2.24, 2.45) is 5.92 Å². The Labute approximate surface area is 200 Å². The summed E-state index contributed by atoms with van der Waals surface area (Å²) < 4.78 is 0. The maximum atomic E-state index is 9.72. The second kappa shape index (κ2) is 14.2. The van der Waals surface area contributed by atoms with Gasteiger partial charge in [0, 0.05) is 5.75 Å². The van der Waals surface area contributed by atoms with Gasteiger partial charge in [-0.25, -0.2) is 0 Å². The maximum Gasteiger partial charge on any atom is 0.146 e. The molecule has 2 aromatic rings. The highest BCUT2D eigenvalue weighted by Crippen LogP contribution is 2.38. The molecule has 1 fully saturated rings. The van der Waals surface area contributed by atoms with E-state index in [1.807, 2.05) is 12.1 Å². The van der Waals surface area contributed by atoms with Gasteiger partial charge in [-0.1, -0.05) is 76.4 Å². The fraction of sp³-hybridized carbons (Fsp3) is 0.483. The second-order valence-electron chi connectivity index (χ2n) is 8.96. The fourth-order valence-electron chi connectivity index (χ4n) is 4.59. The molecule has 0 radical (unpaired) electrons. The molecule has 0 aromatic heterocycles. The van der Waals surface area contributed by atoms with Gasteiger partial charge in [-0.15, -0.1) is 0 Å². The molecule has 0 atom stereocenters. The van der Waals surface area contributed by atoms with Crippen LogP contribution in [0.4, 0.5) is 0 Å². The molecule has 0 bridgehead atoms. The summed E-state index contributed by atoms with van der Waals surface area (Å²) in [4.78, 5) is 9.59. The molecule has 0 aliphatic heterocycles. The van der Waals surface area contributed by atoms with Gasteiger partial charge in [-0.05, 0) is 83.9 Å². The number of unbranched alkanes of at least 4 members (excludes halogenated alkanes) is 2. The fourth-order valence-corrected chi connectivity index (χ4v) is 4.67. The lowest BCUT2D eigenvalue weighted by Gasteiger charge is -2.29. The summed E-state index contributed by atoms with van der Waals surface area (Å²) >= 11 is 3.76. The van der Waals surface area contributed by atoms with E-state index in [1.54, 1.807) is 6.07 Å². The second-order valence-corrected chi connectivity index (χ2v) is 9.28. The molecular formula is C29H40O2S. The number of rotatable bonds is 9. The third-order valence-electron chi connectivity index (χ3n) is 6.60. The first-order chi connectivity index (χ1) is 15.5. The van der Waals surface area contributed by atoms with Crippen LogP contribution in [0.3, 0.4) is 0 Å². The topological polar surface area (TPSA) is 37.3 Å². The van der Waals surface area contributed by atoms with Crippen LogP contribution in [0, 0.1) is 5.92 Å². The van der Waals surface area contributed by atoms with Gasteiger partial charge in [0.1, 0.15) is 12.0 Å². The van der Waals surface area contributed by atoms with E-state index in [0.717, 1.165) is 18.3 Å². The van der Waals surface area contributed by atoms with Crippen molar-refractivity contribution in [1.29, 1.82) is 0 Å². The van der Waals surface area contributed by atoms with Crippen LogP contribution in [0.5, 0.6) is 5.75 Å². The summed E-state index contributed by atoms with van der Waals surface area (Å²) in [6, 6.07) is 15.0. The highest BCUT2D eigenvalue weighted by Gasteiger charge is 2.22. The monoisotopic (exact) mass is 452 g/mol. The first-order valence-corrected chi connectivity index (χ1v) is 12.8. The first-order valence-electron chi connectivity index (χ1n) is 12.2. The molecule has 174 valence electrons. The molecule has 1 aliphatic rings. The largest absolute Gasteiger partial charge is 0.508 e. The van der Waals surface area contributed by atoms with Crippen LogP contribution in [-0.2, 0) is 11.2 Å². The summed E-state index contributed by atoms with van der Waals surface area (Å²) in [6.07, 6.45) is 12.8. The van der Waals surface area contributed by atoms with E-state index in [2.05, 4.69) is 57.3 Å². The Kier molecular flexibility index (Phi) is 11.7. The zero-order chi connectivity index (χ0) is 23.3. The minimum Gasteiger partial charge on any atom is -0.508 e. The summed E-state index contributed by atoms with van der Waals surface area (Å²) in [5.74, 6) is 2.54. The number of phenols is 1. The lowest BCUT2D eigenvalue weighted by atomic mass is 9.77. The van der Waals surface area contributed by atoms with E-state index in [9.17, 15) is 9.90 Å². The van der Waals surface area contributed by atoms with Crippen LogP contribution in [0.2, 0.25) is 0 Å². The van der Waals surface area contributed by atoms with Crippen molar-refractivity contribution in [2.45, 2.75) is 77.6 Å². The predicted octanol–water partition coefficient (Wildman–Crippen LogP) is 8.15. The minimum atomic E-state index is 0.359. The predicted molar refractivity (Wildman–Crippen MR) is 141 cm³/mol. The Morgan fingerprint density at radius 3 is 2.28 bits per heavy atom. The maximum absolute atomic E-state index is 9.72. The molecule has 0 amide bonds. The van der Waals surface area contributed by atoms with Gasteiger partial charge in [0.2, 0.25) is 0 Å². The number of hydrogen-bond acceptors (Lipinski definition) is 3. The van der Waals surface area contributed by atoms with Crippen LogP contribution in [0.15, 0.2) is 54.6 Å². The molecule has 0 spiro atoms. The van der Waals surface area contributed by atoms with E-state index >= 15 is 0 Å². The van der Waals surface area contributed by atoms with Crippen molar-refractivity contribution in [3.8, 4) is 16.9 Å². The molecule has 2 nitrogen and oxygen atoms in total. The van der Waals surface area contributed by atoms with Crippen molar-refractivity contribution in [3.63, 3.8) is 0 Å². The van der Waals surface area contributed by atoms with Crippen molar-refractivity contribution >= 4 is 18.9 Å². The van der Waals surface area contributed by atoms with E-state index in [0.29, 0.717) is 23.4 Å². The molecule has 1 N–H and O–H groups in total. The smallest absolute Gasteiger partial charge is 0.146 e. The van der Waals surface area contributed by atoms with Gasteiger partial charge in [0.25, 0.3) is 0 Å². The van der Waals surface area contributed by atoms with Crippen LogP contribution in [0.1, 0.15) is 82.3 Å². The Bertz CT molecular complexity index is 833. The minimum absolute atomic E-state index is 0.359. The standard InChI is InChI=1S/C25H34O.C4H6OS/c1-3-5-6-7-19-8-10-21(11-9-19)22-12-14-23(15-13-22)25-17-16-24(26)18-20(25)4-2;1-4(2-5)3-6/h12-19,21,26H,3-11H2,1-2H3;2,6H,1,3H2. The van der Waals surface area contributed by atoms with Gasteiger partial charge >= 0.3 is 0 Å². The Balaban J connectivity index is 0.000000534. The molecule has 3 heteroatoms. The summed E-state index contributed by atoms with van der Waals surface area (Å²) in [5.41, 5.74) is 5.76. The number of carbonyl (C=O) groups excluding carboxylic acids is 1. The molecule has 0 heterocycles. The summed E-state index contributed by atoms with van der Waals surface area (Å²) in [6.45, 7) is 7.79. The van der Waals surface area contributed by atoms with Gasteiger partial charge in [-0.3, -0.25) is 4.79 Å². The molecule has 0 unspecified atom stereocenters. The van der Waals surface area contributed by atoms with Crippen LogP contribution >= 0.6 is 12.6 Å². The molecule has 1 aliphatic carbocycles. The zero-order valence-corrected chi connectivity index (χ0v) is 20.7. The van der Waals surface area contributed by atoms with Gasteiger partial charge in [0.05, 0.1) is 0 Å².